The van der Waals surface area contributed by atoms with E-state index in [0.29, 0.717) is 10.8 Å². The first-order valence-electron chi connectivity index (χ1n) is 9.29. The molecular weight excluding hydrogens is 404 g/mol. The smallest absolute Gasteiger partial charge is 0.350 e. The van der Waals surface area contributed by atoms with Gasteiger partial charge in [-0.05, 0) is 36.8 Å². The number of carbonyl (C=O) groups is 1. The monoisotopic (exact) mass is 422 g/mol. The van der Waals surface area contributed by atoms with Gasteiger partial charge in [0.1, 0.15) is 12.4 Å². The van der Waals surface area contributed by atoms with E-state index in [1.54, 1.807) is 18.3 Å². The van der Waals surface area contributed by atoms with Gasteiger partial charge in [0.05, 0.1) is 0 Å². The van der Waals surface area contributed by atoms with Gasteiger partial charge in [-0.2, -0.15) is 4.98 Å². The molecule has 0 bridgehead atoms. The van der Waals surface area contributed by atoms with Gasteiger partial charge in [-0.3, -0.25) is 4.79 Å². The van der Waals surface area contributed by atoms with Gasteiger partial charge < -0.3 is 10.6 Å². The number of benzene rings is 2. The van der Waals surface area contributed by atoms with E-state index in [2.05, 4.69) is 20.7 Å². The molecule has 2 aromatic heterocycles. The Morgan fingerprint density at radius 2 is 1.87 bits per heavy atom. The normalized spacial score (nSPS) is 10.9. The van der Waals surface area contributed by atoms with Crippen LogP contribution in [0.4, 0.5) is 11.5 Å². The molecule has 0 saturated carbocycles. The second kappa shape index (κ2) is 8.38. The summed E-state index contributed by atoms with van der Waals surface area (Å²) < 4.78 is 2.38. The molecule has 152 valence electrons. The summed E-state index contributed by atoms with van der Waals surface area (Å²) in [6, 6.07) is 16.8. The van der Waals surface area contributed by atoms with Crippen LogP contribution in [0.25, 0.3) is 5.78 Å². The van der Waals surface area contributed by atoms with Crippen molar-refractivity contribution in [1.29, 1.82) is 0 Å². The summed E-state index contributed by atoms with van der Waals surface area (Å²) in [6.07, 6.45) is 1.58. The van der Waals surface area contributed by atoms with Gasteiger partial charge in [-0.15, -0.1) is 5.10 Å². The summed E-state index contributed by atoms with van der Waals surface area (Å²) in [5.41, 5.74) is 2.39. The highest BCUT2D eigenvalue weighted by molar-refractivity contribution is 6.31. The van der Waals surface area contributed by atoms with Crippen LogP contribution < -0.4 is 16.3 Å². The van der Waals surface area contributed by atoms with E-state index in [4.69, 9.17) is 11.6 Å². The fraction of sp³-hybridized carbons (Fsp3) is 0.143. The van der Waals surface area contributed by atoms with Crippen molar-refractivity contribution in [2.45, 2.75) is 20.0 Å². The molecule has 0 saturated heterocycles. The minimum absolute atomic E-state index is 0.205. The van der Waals surface area contributed by atoms with Crippen LogP contribution in [0.5, 0.6) is 0 Å². The minimum Gasteiger partial charge on any atom is -0.350 e. The number of halogens is 1. The maximum absolute atomic E-state index is 12.5. The Hall–Kier alpha value is -3.65. The first-order valence-corrected chi connectivity index (χ1v) is 9.67. The number of rotatable bonds is 6. The number of nitrogens with zero attached hydrogens (tertiary/aromatic N) is 4. The number of anilines is 2. The van der Waals surface area contributed by atoms with Crippen molar-refractivity contribution in [3.63, 3.8) is 0 Å². The molecule has 0 aliphatic carbocycles. The van der Waals surface area contributed by atoms with Gasteiger partial charge >= 0.3 is 5.69 Å². The average molecular weight is 423 g/mol. The van der Waals surface area contributed by atoms with Crippen molar-refractivity contribution in [2.75, 3.05) is 5.32 Å². The molecular formula is C21H19ClN6O2. The maximum atomic E-state index is 12.5. The molecule has 1 amide bonds. The fourth-order valence-corrected chi connectivity index (χ4v) is 3.09. The van der Waals surface area contributed by atoms with Gasteiger partial charge in [0, 0.05) is 23.5 Å². The molecule has 2 N–H and O–H groups in total. The van der Waals surface area contributed by atoms with Crippen LogP contribution >= 0.6 is 11.6 Å². The highest BCUT2D eigenvalue weighted by atomic mass is 35.5. The van der Waals surface area contributed by atoms with Gasteiger partial charge in [0.25, 0.3) is 5.78 Å². The number of carbonyl (C=O) groups excluding carboxylic acids is 1. The largest absolute Gasteiger partial charge is 0.352 e. The predicted molar refractivity (Wildman–Crippen MR) is 115 cm³/mol. The zero-order valence-corrected chi connectivity index (χ0v) is 16.9. The van der Waals surface area contributed by atoms with E-state index < -0.39 is 5.69 Å². The Kier molecular flexibility index (Phi) is 5.49. The first-order chi connectivity index (χ1) is 14.5. The maximum Gasteiger partial charge on any atom is 0.352 e. The molecule has 0 aliphatic heterocycles. The van der Waals surface area contributed by atoms with E-state index >= 15 is 0 Å². The fourth-order valence-electron chi connectivity index (χ4n) is 2.89. The average Bonchev–Trinajstić information content (AvgIpc) is 3.04. The zero-order chi connectivity index (χ0) is 21.1. The van der Waals surface area contributed by atoms with Crippen molar-refractivity contribution in [2.24, 2.45) is 0 Å². The molecule has 4 rings (SSSR count). The van der Waals surface area contributed by atoms with Crippen molar-refractivity contribution in [3.8, 4) is 0 Å². The molecule has 4 aromatic rings. The minimum atomic E-state index is -0.438. The zero-order valence-electron chi connectivity index (χ0n) is 16.2. The third kappa shape index (κ3) is 4.33. The van der Waals surface area contributed by atoms with Crippen molar-refractivity contribution >= 4 is 34.8 Å². The van der Waals surface area contributed by atoms with Crippen LogP contribution in [0.1, 0.15) is 11.1 Å². The second-order valence-electron chi connectivity index (χ2n) is 6.78. The summed E-state index contributed by atoms with van der Waals surface area (Å²) in [5, 5.41) is 10.7. The summed E-state index contributed by atoms with van der Waals surface area (Å²) in [6.45, 7) is 2.06. The second-order valence-corrected chi connectivity index (χ2v) is 7.19. The van der Waals surface area contributed by atoms with Crippen molar-refractivity contribution in [3.05, 3.63) is 87.4 Å². The molecule has 9 heteroatoms. The lowest BCUT2D eigenvalue weighted by Gasteiger charge is -2.06. The van der Waals surface area contributed by atoms with E-state index in [1.165, 1.54) is 4.40 Å². The first kappa shape index (κ1) is 19.7. The Morgan fingerprint density at radius 3 is 2.63 bits per heavy atom. The number of amides is 1. The molecule has 8 nitrogen and oxygen atoms in total. The van der Waals surface area contributed by atoms with E-state index in [-0.39, 0.29) is 24.8 Å². The number of fused-ring (bicyclic) bond motifs is 1. The number of nitrogens with one attached hydrogen (secondary N) is 2. The third-order valence-electron chi connectivity index (χ3n) is 4.51. The van der Waals surface area contributed by atoms with Gasteiger partial charge in [0.2, 0.25) is 5.91 Å². The Balaban J connectivity index is 1.47. The van der Waals surface area contributed by atoms with Crippen LogP contribution in [0, 0.1) is 6.92 Å². The standard InChI is InChI=1S/C21H19ClN6O2/c1-14-6-8-16(9-7-14)24-18-10-11-27-20(25-18)26-28(21(27)30)13-19(29)23-12-15-4-2-3-5-17(15)22/h2-11H,12-13H2,1H3,(H,23,29)(H,24,25,26). The Morgan fingerprint density at radius 1 is 1.10 bits per heavy atom. The SMILES string of the molecule is Cc1ccc(Nc2ccn3c(=O)n(CC(=O)NCc4ccccc4Cl)nc3n2)cc1. The highest BCUT2D eigenvalue weighted by Gasteiger charge is 2.12. The van der Waals surface area contributed by atoms with Gasteiger partial charge in [-0.25, -0.2) is 13.9 Å². The van der Waals surface area contributed by atoms with Gasteiger partial charge in [-0.1, -0.05) is 47.5 Å². The molecule has 0 atom stereocenters. The van der Waals surface area contributed by atoms with E-state index in [0.717, 1.165) is 21.5 Å². The van der Waals surface area contributed by atoms with Gasteiger partial charge in [0.15, 0.2) is 0 Å². The van der Waals surface area contributed by atoms with Crippen molar-refractivity contribution < 1.29 is 4.79 Å². The molecule has 30 heavy (non-hydrogen) atoms. The Bertz CT molecular complexity index is 1260. The number of aryl methyl sites for hydroxylation is 1. The van der Waals surface area contributed by atoms with Crippen LogP contribution in [-0.4, -0.2) is 25.1 Å². The van der Waals surface area contributed by atoms with E-state index in [1.807, 2.05) is 49.4 Å². The molecule has 0 aliphatic rings. The molecule has 0 unspecified atom stereocenters. The number of hydrogen-bond acceptors (Lipinski definition) is 5. The third-order valence-corrected chi connectivity index (χ3v) is 4.87. The molecule has 0 radical (unpaired) electrons. The Labute approximate surface area is 177 Å². The quantitative estimate of drug-likeness (QED) is 0.498. The summed E-state index contributed by atoms with van der Waals surface area (Å²) >= 11 is 6.09. The molecule has 0 fully saturated rings. The predicted octanol–water partition coefficient (Wildman–Crippen LogP) is 2.91. The van der Waals surface area contributed by atoms with Crippen molar-refractivity contribution in [1.82, 2.24) is 24.5 Å². The van der Waals surface area contributed by atoms with Crippen LogP contribution in [0.2, 0.25) is 5.02 Å². The van der Waals surface area contributed by atoms with Crippen LogP contribution in [0.15, 0.2) is 65.6 Å². The molecule has 2 aromatic carbocycles. The van der Waals surface area contributed by atoms with Crippen LogP contribution in [-0.2, 0) is 17.9 Å². The summed E-state index contributed by atoms with van der Waals surface area (Å²) in [4.78, 5) is 29.1. The molecule has 0 spiro atoms. The summed E-state index contributed by atoms with van der Waals surface area (Å²) in [7, 11) is 0. The highest BCUT2D eigenvalue weighted by Crippen LogP contribution is 2.15. The number of aromatic nitrogens is 4. The van der Waals surface area contributed by atoms with Crippen LogP contribution in [0.3, 0.4) is 0 Å². The summed E-state index contributed by atoms with van der Waals surface area (Å²) in [5.74, 6) is 0.404. The lowest BCUT2D eigenvalue weighted by atomic mass is 10.2. The van der Waals surface area contributed by atoms with E-state index in [9.17, 15) is 9.59 Å². The lowest BCUT2D eigenvalue weighted by molar-refractivity contribution is -0.122. The topological polar surface area (TPSA) is 93.3 Å². The molecule has 2 heterocycles. The lowest BCUT2D eigenvalue weighted by Crippen LogP contribution is -2.32. The number of hydrogen-bond donors (Lipinski definition) is 2.